The molecule has 7 heteroatoms. The van der Waals surface area contributed by atoms with Gasteiger partial charge in [0.05, 0.1) is 6.54 Å². The first kappa shape index (κ1) is 11.0. The average molecular weight is 225 g/mol. The van der Waals surface area contributed by atoms with Crippen molar-refractivity contribution in [1.82, 2.24) is 25.1 Å². The zero-order valence-corrected chi connectivity index (χ0v) is 9.46. The van der Waals surface area contributed by atoms with Crippen molar-refractivity contribution in [3.63, 3.8) is 0 Å². The molecule has 1 fully saturated rings. The second kappa shape index (κ2) is 4.56. The summed E-state index contributed by atoms with van der Waals surface area (Å²) in [5.74, 6) is 0.661. The van der Waals surface area contributed by atoms with E-state index in [1.807, 2.05) is 0 Å². The van der Waals surface area contributed by atoms with Gasteiger partial charge in [-0.1, -0.05) is 0 Å². The van der Waals surface area contributed by atoms with Crippen LogP contribution in [0.5, 0.6) is 0 Å². The Kier molecular flexibility index (Phi) is 3.14. The van der Waals surface area contributed by atoms with Crippen molar-refractivity contribution in [2.45, 2.75) is 25.5 Å². The summed E-state index contributed by atoms with van der Waals surface area (Å²) >= 11 is 0. The highest BCUT2D eigenvalue weighted by Crippen LogP contribution is 2.14. The molecule has 2 heterocycles. The maximum absolute atomic E-state index is 11.9. The predicted octanol–water partition coefficient (Wildman–Crippen LogP) is -0.652. The van der Waals surface area contributed by atoms with Gasteiger partial charge in [-0.15, -0.1) is 5.10 Å². The predicted molar refractivity (Wildman–Crippen MR) is 54.2 cm³/mol. The molecule has 1 aliphatic rings. The van der Waals surface area contributed by atoms with Gasteiger partial charge in [0.1, 0.15) is 6.10 Å². The number of hydrogen-bond acceptors (Lipinski definition) is 5. The van der Waals surface area contributed by atoms with Crippen molar-refractivity contribution < 1.29 is 9.53 Å². The largest absolute Gasteiger partial charge is 0.368 e. The molecular weight excluding hydrogens is 210 g/mol. The van der Waals surface area contributed by atoms with Gasteiger partial charge in [-0.25, -0.2) is 4.68 Å². The first-order chi connectivity index (χ1) is 7.68. The summed E-state index contributed by atoms with van der Waals surface area (Å²) in [4.78, 5) is 13.5. The minimum absolute atomic E-state index is 0.000463. The minimum atomic E-state index is -0.286. The van der Waals surface area contributed by atoms with E-state index in [1.54, 1.807) is 23.7 Å². The molecule has 0 spiro atoms. The number of tetrazole rings is 1. The maximum atomic E-state index is 11.9. The van der Waals surface area contributed by atoms with E-state index < -0.39 is 0 Å². The highest BCUT2D eigenvalue weighted by atomic mass is 16.5. The normalized spacial score (nSPS) is 20.0. The van der Waals surface area contributed by atoms with E-state index in [-0.39, 0.29) is 12.0 Å². The van der Waals surface area contributed by atoms with E-state index in [0.29, 0.717) is 19.0 Å². The third kappa shape index (κ3) is 2.19. The van der Waals surface area contributed by atoms with Crippen molar-refractivity contribution in [3.05, 3.63) is 5.82 Å². The standard InChI is InChI=1S/C9H15N5O2/c1-13(6-8-10-11-12-14(8)2)9(15)7-4-3-5-16-7/h7H,3-6H2,1-2H3. The van der Waals surface area contributed by atoms with Gasteiger partial charge < -0.3 is 9.64 Å². The molecule has 0 bridgehead atoms. The van der Waals surface area contributed by atoms with Crippen molar-refractivity contribution in [3.8, 4) is 0 Å². The Labute approximate surface area is 93.4 Å². The lowest BCUT2D eigenvalue weighted by Crippen LogP contribution is -2.36. The van der Waals surface area contributed by atoms with Crippen molar-refractivity contribution in [1.29, 1.82) is 0 Å². The van der Waals surface area contributed by atoms with Gasteiger partial charge in [-0.3, -0.25) is 4.79 Å². The Morgan fingerprint density at radius 3 is 3.06 bits per heavy atom. The Bertz CT molecular complexity index is 372. The lowest BCUT2D eigenvalue weighted by Gasteiger charge is -2.19. The van der Waals surface area contributed by atoms with Gasteiger partial charge in [0.25, 0.3) is 5.91 Å². The molecule has 16 heavy (non-hydrogen) atoms. The molecule has 1 amide bonds. The van der Waals surface area contributed by atoms with Gasteiger partial charge in [0.2, 0.25) is 0 Å². The topological polar surface area (TPSA) is 73.1 Å². The molecule has 1 saturated heterocycles. The van der Waals surface area contributed by atoms with Gasteiger partial charge in [0.15, 0.2) is 5.82 Å². The van der Waals surface area contributed by atoms with Crippen LogP contribution < -0.4 is 0 Å². The molecule has 0 saturated carbocycles. The molecule has 1 aliphatic heterocycles. The molecule has 88 valence electrons. The number of hydrogen-bond donors (Lipinski definition) is 0. The molecule has 0 radical (unpaired) electrons. The van der Waals surface area contributed by atoms with Crippen LogP contribution in [0.1, 0.15) is 18.7 Å². The average Bonchev–Trinajstić information content (AvgIpc) is 2.89. The van der Waals surface area contributed by atoms with E-state index in [0.717, 1.165) is 12.8 Å². The smallest absolute Gasteiger partial charge is 0.251 e. The van der Waals surface area contributed by atoms with Crippen molar-refractivity contribution >= 4 is 5.91 Å². The number of ether oxygens (including phenoxy) is 1. The minimum Gasteiger partial charge on any atom is -0.368 e. The molecule has 1 unspecified atom stereocenters. The summed E-state index contributed by atoms with van der Waals surface area (Å²) in [5.41, 5.74) is 0. The highest BCUT2D eigenvalue weighted by molar-refractivity contribution is 5.80. The number of aryl methyl sites for hydroxylation is 1. The molecule has 1 aromatic rings. The Morgan fingerprint density at radius 1 is 1.69 bits per heavy atom. The van der Waals surface area contributed by atoms with E-state index in [4.69, 9.17) is 4.74 Å². The molecular formula is C9H15N5O2. The number of rotatable bonds is 3. The van der Waals surface area contributed by atoms with Crippen LogP contribution in [-0.4, -0.2) is 50.8 Å². The van der Waals surface area contributed by atoms with Crippen LogP contribution in [0, 0.1) is 0 Å². The van der Waals surface area contributed by atoms with E-state index in [2.05, 4.69) is 15.5 Å². The molecule has 1 aromatic heterocycles. The summed E-state index contributed by atoms with van der Waals surface area (Å²) in [6.45, 7) is 1.08. The SMILES string of the molecule is CN(Cc1nnnn1C)C(=O)C1CCCO1. The first-order valence-corrected chi connectivity index (χ1v) is 5.26. The van der Waals surface area contributed by atoms with Crippen LogP contribution in [0.3, 0.4) is 0 Å². The Hall–Kier alpha value is -1.50. The number of amides is 1. The lowest BCUT2D eigenvalue weighted by atomic mass is 10.2. The summed E-state index contributed by atoms with van der Waals surface area (Å²) in [6, 6.07) is 0. The van der Waals surface area contributed by atoms with Gasteiger partial charge in [-0.2, -0.15) is 0 Å². The third-order valence-corrected chi connectivity index (χ3v) is 2.67. The van der Waals surface area contributed by atoms with Crippen LogP contribution >= 0.6 is 0 Å². The van der Waals surface area contributed by atoms with Crippen LogP contribution in [0.2, 0.25) is 0 Å². The fourth-order valence-corrected chi connectivity index (χ4v) is 1.69. The summed E-state index contributed by atoms with van der Waals surface area (Å²) < 4.78 is 6.89. The van der Waals surface area contributed by atoms with Gasteiger partial charge in [0, 0.05) is 20.7 Å². The molecule has 7 nitrogen and oxygen atoms in total. The van der Waals surface area contributed by atoms with E-state index in [9.17, 15) is 4.79 Å². The van der Waals surface area contributed by atoms with E-state index in [1.165, 1.54) is 0 Å². The molecule has 1 atom stereocenters. The summed E-state index contributed by atoms with van der Waals surface area (Å²) in [7, 11) is 3.48. The molecule has 2 rings (SSSR count). The van der Waals surface area contributed by atoms with Crippen molar-refractivity contribution in [2.75, 3.05) is 13.7 Å². The zero-order valence-electron chi connectivity index (χ0n) is 9.46. The van der Waals surface area contributed by atoms with Gasteiger partial charge in [-0.05, 0) is 23.3 Å². The second-order valence-corrected chi connectivity index (χ2v) is 3.91. The number of carbonyl (C=O) groups is 1. The molecule has 0 N–H and O–H groups in total. The first-order valence-electron chi connectivity index (χ1n) is 5.26. The van der Waals surface area contributed by atoms with Gasteiger partial charge >= 0.3 is 0 Å². The quantitative estimate of drug-likeness (QED) is 0.683. The van der Waals surface area contributed by atoms with Crippen LogP contribution in [0.25, 0.3) is 0 Å². The number of likely N-dealkylation sites (N-methyl/N-ethyl adjacent to an activating group) is 1. The fraction of sp³-hybridized carbons (Fsp3) is 0.778. The maximum Gasteiger partial charge on any atom is 0.251 e. The number of aromatic nitrogens is 4. The van der Waals surface area contributed by atoms with Crippen LogP contribution in [-0.2, 0) is 23.1 Å². The third-order valence-electron chi connectivity index (χ3n) is 2.67. The summed E-state index contributed by atoms with van der Waals surface area (Å²) in [6.07, 6.45) is 1.47. The number of nitrogens with zero attached hydrogens (tertiary/aromatic N) is 5. The summed E-state index contributed by atoms with van der Waals surface area (Å²) in [5, 5.41) is 11.1. The number of carbonyl (C=O) groups excluding carboxylic acids is 1. The monoisotopic (exact) mass is 225 g/mol. The Balaban J connectivity index is 1.94. The lowest BCUT2D eigenvalue weighted by molar-refractivity contribution is -0.140. The fourth-order valence-electron chi connectivity index (χ4n) is 1.69. The van der Waals surface area contributed by atoms with Crippen LogP contribution in [0.15, 0.2) is 0 Å². The molecule has 0 aromatic carbocycles. The van der Waals surface area contributed by atoms with E-state index >= 15 is 0 Å². The zero-order chi connectivity index (χ0) is 11.5. The van der Waals surface area contributed by atoms with Crippen LogP contribution in [0.4, 0.5) is 0 Å². The molecule has 0 aliphatic carbocycles. The van der Waals surface area contributed by atoms with Crippen molar-refractivity contribution in [2.24, 2.45) is 7.05 Å². The Morgan fingerprint density at radius 2 is 2.50 bits per heavy atom. The highest BCUT2D eigenvalue weighted by Gasteiger charge is 2.27. The second-order valence-electron chi connectivity index (χ2n) is 3.91.